The molecule has 18 heavy (non-hydrogen) atoms. The number of aromatic nitrogens is 4. The maximum Gasteiger partial charge on any atom is 0.195 e. The standard InChI is InChI=1S/C13H20N4S/c1-6-7-10-14-9(4)12-11(8(2)3)15-16-13(18-5)17(10)12/h8H,6-7H2,1-5H3. The van der Waals surface area contributed by atoms with Gasteiger partial charge in [-0.3, -0.25) is 4.40 Å². The number of hydrogen-bond donors (Lipinski definition) is 0. The van der Waals surface area contributed by atoms with Crippen molar-refractivity contribution >= 4 is 17.3 Å². The van der Waals surface area contributed by atoms with Crippen molar-refractivity contribution < 1.29 is 0 Å². The molecule has 0 saturated heterocycles. The van der Waals surface area contributed by atoms with Crippen LogP contribution in [0.25, 0.3) is 5.52 Å². The van der Waals surface area contributed by atoms with E-state index in [0.29, 0.717) is 5.92 Å². The lowest BCUT2D eigenvalue weighted by Gasteiger charge is -2.10. The van der Waals surface area contributed by atoms with Crippen LogP contribution in [0.4, 0.5) is 0 Å². The van der Waals surface area contributed by atoms with E-state index in [9.17, 15) is 0 Å². The maximum atomic E-state index is 4.70. The number of hydrogen-bond acceptors (Lipinski definition) is 4. The average Bonchev–Trinajstić information content (AvgIpc) is 2.66. The van der Waals surface area contributed by atoms with Crippen molar-refractivity contribution in [2.75, 3.05) is 6.26 Å². The lowest BCUT2D eigenvalue weighted by Crippen LogP contribution is -2.06. The number of fused-ring (bicyclic) bond motifs is 1. The van der Waals surface area contributed by atoms with Crippen LogP contribution in [-0.4, -0.2) is 25.8 Å². The molecule has 0 atom stereocenters. The Hall–Kier alpha value is -1.10. The minimum absolute atomic E-state index is 0.362. The van der Waals surface area contributed by atoms with E-state index in [4.69, 9.17) is 4.98 Å². The smallest absolute Gasteiger partial charge is 0.195 e. The summed E-state index contributed by atoms with van der Waals surface area (Å²) in [5.41, 5.74) is 3.25. The highest BCUT2D eigenvalue weighted by Gasteiger charge is 2.18. The van der Waals surface area contributed by atoms with Crippen molar-refractivity contribution in [3.63, 3.8) is 0 Å². The molecule has 0 N–H and O–H groups in total. The molecule has 2 aromatic rings. The molecule has 5 heteroatoms. The highest BCUT2D eigenvalue weighted by Crippen LogP contribution is 2.26. The molecule has 0 aromatic carbocycles. The first-order valence-electron chi connectivity index (χ1n) is 6.38. The van der Waals surface area contributed by atoms with Crippen molar-refractivity contribution in [2.45, 2.75) is 51.6 Å². The summed E-state index contributed by atoms with van der Waals surface area (Å²) < 4.78 is 2.19. The molecular formula is C13H20N4S. The molecule has 0 fully saturated rings. The third-order valence-electron chi connectivity index (χ3n) is 3.00. The van der Waals surface area contributed by atoms with Crippen LogP contribution >= 0.6 is 11.8 Å². The Morgan fingerprint density at radius 2 is 2.00 bits per heavy atom. The molecule has 0 spiro atoms. The normalized spacial score (nSPS) is 11.7. The van der Waals surface area contributed by atoms with Crippen molar-refractivity contribution in [3.05, 3.63) is 17.2 Å². The minimum Gasteiger partial charge on any atom is -0.272 e. The molecule has 0 aliphatic rings. The summed E-state index contributed by atoms with van der Waals surface area (Å²) in [7, 11) is 0. The molecule has 2 heterocycles. The van der Waals surface area contributed by atoms with E-state index in [2.05, 4.69) is 42.3 Å². The summed E-state index contributed by atoms with van der Waals surface area (Å²) in [6, 6.07) is 0. The van der Waals surface area contributed by atoms with E-state index in [1.54, 1.807) is 11.8 Å². The molecule has 0 amide bonds. The van der Waals surface area contributed by atoms with Gasteiger partial charge in [0, 0.05) is 6.42 Å². The van der Waals surface area contributed by atoms with Gasteiger partial charge in [0.15, 0.2) is 5.16 Å². The first-order chi connectivity index (χ1) is 8.60. The minimum atomic E-state index is 0.362. The van der Waals surface area contributed by atoms with Gasteiger partial charge in [-0.2, -0.15) is 5.10 Å². The summed E-state index contributed by atoms with van der Waals surface area (Å²) in [6.07, 6.45) is 4.10. The Balaban J connectivity index is 2.79. The van der Waals surface area contributed by atoms with Crippen LogP contribution in [0.1, 0.15) is 50.3 Å². The van der Waals surface area contributed by atoms with Gasteiger partial charge in [0.1, 0.15) is 5.82 Å². The maximum absolute atomic E-state index is 4.70. The van der Waals surface area contributed by atoms with Gasteiger partial charge in [-0.25, -0.2) is 4.98 Å². The fraction of sp³-hybridized carbons (Fsp3) is 0.615. The van der Waals surface area contributed by atoms with E-state index < -0.39 is 0 Å². The van der Waals surface area contributed by atoms with Crippen LogP contribution in [0.15, 0.2) is 5.16 Å². The zero-order chi connectivity index (χ0) is 13.3. The average molecular weight is 264 g/mol. The van der Waals surface area contributed by atoms with Gasteiger partial charge in [0.05, 0.1) is 16.9 Å². The van der Waals surface area contributed by atoms with Gasteiger partial charge in [-0.15, -0.1) is 5.10 Å². The molecule has 0 aliphatic carbocycles. The number of aryl methyl sites for hydroxylation is 2. The van der Waals surface area contributed by atoms with Gasteiger partial charge in [0.2, 0.25) is 0 Å². The Bertz CT molecular complexity index is 560. The van der Waals surface area contributed by atoms with Gasteiger partial charge in [-0.1, -0.05) is 32.5 Å². The van der Waals surface area contributed by atoms with Crippen LogP contribution in [-0.2, 0) is 6.42 Å². The monoisotopic (exact) mass is 264 g/mol. The number of nitrogens with zero attached hydrogens (tertiary/aromatic N) is 4. The van der Waals surface area contributed by atoms with E-state index in [1.165, 1.54) is 0 Å². The summed E-state index contributed by atoms with van der Waals surface area (Å²) in [5.74, 6) is 1.46. The van der Waals surface area contributed by atoms with Crippen LogP contribution in [0.5, 0.6) is 0 Å². The Kier molecular flexibility index (Phi) is 3.90. The van der Waals surface area contributed by atoms with Crippen LogP contribution in [0, 0.1) is 6.92 Å². The lowest BCUT2D eigenvalue weighted by atomic mass is 10.1. The third kappa shape index (κ3) is 2.11. The van der Waals surface area contributed by atoms with Crippen LogP contribution < -0.4 is 0 Å². The van der Waals surface area contributed by atoms with Gasteiger partial charge >= 0.3 is 0 Å². The molecule has 0 unspecified atom stereocenters. The second-order valence-electron chi connectivity index (χ2n) is 4.77. The number of rotatable bonds is 4. The molecule has 98 valence electrons. The first-order valence-corrected chi connectivity index (χ1v) is 7.61. The van der Waals surface area contributed by atoms with Crippen molar-refractivity contribution in [1.82, 2.24) is 19.6 Å². The first kappa shape index (κ1) is 13.3. The third-order valence-corrected chi connectivity index (χ3v) is 3.63. The molecule has 0 bridgehead atoms. The molecular weight excluding hydrogens is 244 g/mol. The molecule has 2 aromatic heterocycles. The Morgan fingerprint density at radius 1 is 1.28 bits per heavy atom. The van der Waals surface area contributed by atoms with E-state index in [0.717, 1.165) is 40.7 Å². The lowest BCUT2D eigenvalue weighted by molar-refractivity contribution is 0.697. The highest BCUT2D eigenvalue weighted by atomic mass is 32.2. The zero-order valence-corrected chi connectivity index (χ0v) is 12.5. The summed E-state index contributed by atoms with van der Waals surface area (Å²) >= 11 is 1.62. The fourth-order valence-electron chi connectivity index (χ4n) is 2.19. The molecule has 4 nitrogen and oxygen atoms in total. The highest BCUT2D eigenvalue weighted by molar-refractivity contribution is 7.98. The molecule has 0 radical (unpaired) electrons. The van der Waals surface area contributed by atoms with E-state index in [1.807, 2.05) is 6.26 Å². The second-order valence-corrected chi connectivity index (χ2v) is 5.55. The largest absolute Gasteiger partial charge is 0.272 e. The van der Waals surface area contributed by atoms with Crippen molar-refractivity contribution in [3.8, 4) is 0 Å². The topological polar surface area (TPSA) is 43.1 Å². The van der Waals surface area contributed by atoms with Gasteiger partial charge < -0.3 is 0 Å². The second kappa shape index (κ2) is 5.26. The SMILES string of the molecule is CCCc1nc(C)c2c(C(C)C)nnc(SC)n12. The number of imidazole rings is 1. The summed E-state index contributed by atoms with van der Waals surface area (Å²) in [5, 5.41) is 9.65. The summed E-state index contributed by atoms with van der Waals surface area (Å²) in [4.78, 5) is 4.70. The van der Waals surface area contributed by atoms with Crippen LogP contribution in [0.2, 0.25) is 0 Å². The molecule has 0 aliphatic heterocycles. The predicted octanol–water partition coefficient (Wildman–Crippen LogP) is 3.23. The van der Waals surface area contributed by atoms with Crippen molar-refractivity contribution in [2.24, 2.45) is 0 Å². The Morgan fingerprint density at radius 3 is 2.56 bits per heavy atom. The quantitative estimate of drug-likeness (QED) is 0.795. The Labute approximate surface area is 112 Å². The van der Waals surface area contributed by atoms with Crippen LogP contribution in [0.3, 0.4) is 0 Å². The van der Waals surface area contributed by atoms with Gasteiger partial charge in [0.25, 0.3) is 0 Å². The molecule has 0 saturated carbocycles. The summed E-state index contributed by atoms with van der Waals surface area (Å²) in [6.45, 7) is 8.53. The zero-order valence-electron chi connectivity index (χ0n) is 11.7. The molecule has 2 rings (SSSR count). The number of thioether (sulfide) groups is 1. The van der Waals surface area contributed by atoms with E-state index in [-0.39, 0.29) is 0 Å². The van der Waals surface area contributed by atoms with Crippen molar-refractivity contribution in [1.29, 1.82) is 0 Å². The predicted molar refractivity (Wildman–Crippen MR) is 75.4 cm³/mol. The van der Waals surface area contributed by atoms with E-state index >= 15 is 0 Å². The van der Waals surface area contributed by atoms with Gasteiger partial charge in [-0.05, 0) is 25.5 Å². The fourth-order valence-corrected chi connectivity index (χ4v) is 2.70.